The third-order valence-electron chi connectivity index (χ3n) is 3.83. The first kappa shape index (κ1) is 16.4. The molecule has 0 unspecified atom stereocenters. The molecule has 0 aliphatic carbocycles. The first-order chi connectivity index (χ1) is 10.9. The summed E-state index contributed by atoms with van der Waals surface area (Å²) in [6.07, 6.45) is 2.93. The fourth-order valence-electron chi connectivity index (χ4n) is 2.88. The summed E-state index contributed by atoms with van der Waals surface area (Å²) in [7, 11) is -3.22. The number of aromatic nitrogens is 2. The van der Waals surface area contributed by atoms with E-state index in [0.29, 0.717) is 6.54 Å². The molecule has 0 spiro atoms. The van der Waals surface area contributed by atoms with E-state index in [4.69, 9.17) is 11.6 Å². The Morgan fingerprint density at radius 3 is 2.96 bits per heavy atom. The zero-order valence-electron chi connectivity index (χ0n) is 12.8. The SMILES string of the molecule is CS(=O)(=O)NC[C@H]1CN(Cc2cccc(Cl)c2)Cc2ccnn21. The van der Waals surface area contributed by atoms with Crippen molar-refractivity contribution in [1.29, 1.82) is 0 Å². The number of hydrogen-bond donors (Lipinski definition) is 1. The van der Waals surface area contributed by atoms with E-state index in [-0.39, 0.29) is 6.04 Å². The number of rotatable bonds is 5. The van der Waals surface area contributed by atoms with Crippen LogP contribution >= 0.6 is 11.6 Å². The molecule has 0 amide bonds. The molecule has 1 aliphatic rings. The fraction of sp³-hybridized carbons (Fsp3) is 0.400. The van der Waals surface area contributed by atoms with Crippen LogP contribution < -0.4 is 4.72 Å². The van der Waals surface area contributed by atoms with Crippen molar-refractivity contribution in [3.8, 4) is 0 Å². The third-order valence-corrected chi connectivity index (χ3v) is 4.76. The highest BCUT2D eigenvalue weighted by Gasteiger charge is 2.26. The molecule has 23 heavy (non-hydrogen) atoms. The van der Waals surface area contributed by atoms with Gasteiger partial charge < -0.3 is 0 Å². The Labute approximate surface area is 141 Å². The van der Waals surface area contributed by atoms with Gasteiger partial charge in [-0.05, 0) is 23.8 Å². The van der Waals surface area contributed by atoms with Gasteiger partial charge in [-0.15, -0.1) is 0 Å². The maximum absolute atomic E-state index is 11.4. The van der Waals surface area contributed by atoms with Crippen molar-refractivity contribution in [2.45, 2.75) is 19.1 Å². The molecule has 1 atom stereocenters. The van der Waals surface area contributed by atoms with Gasteiger partial charge in [0.25, 0.3) is 0 Å². The van der Waals surface area contributed by atoms with E-state index in [1.165, 1.54) is 6.26 Å². The Morgan fingerprint density at radius 2 is 2.22 bits per heavy atom. The number of halogens is 1. The van der Waals surface area contributed by atoms with E-state index >= 15 is 0 Å². The molecule has 0 saturated heterocycles. The quantitative estimate of drug-likeness (QED) is 0.886. The van der Waals surface area contributed by atoms with Crippen LogP contribution in [-0.2, 0) is 23.1 Å². The first-order valence-electron chi connectivity index (χ1n) is 7.34. The van der Waals surface area contributed by atoms with Gasteiger partial charge in [-0.3, -0.25) is 9.58 Å². The van der Waals surface area contributed by atoms with Crippen LogP contribution in [-0.4, -0.2) is 42.4 Å². The molecule has 8 heteroatoms. The standard InChI is InChI=1S/C15H19ClN4O2S/c1-23(21,22)18-8-15-11-19(10-14-5-6-17-20(14)15)9-12-3-2-4-13(16)7-12/h2-7,15,18H,8-11H2,1H3/t15-/m0/s1. The predicted molar refractivity (Wildman–Crippen MR) is 89.7 cm³/mol. The molecule has 2 heterocycles. The van der Waals surface area contributed by atoms with Gasteiger partial charge in [0.05, 0.1) is 18.0 Å². The third kappa shape index (κ3) is 4.32. The van der Waals surface area contributed by atoms with Crippen LogP contribution in [0.5, 0.6) is 0 Å². The van der Waals surface area contributed by atoms with E-state index in [1.807, 2.05) is 35.0 Å². The summed E-state index contributed by atoms with van der Waals surface area (Å²) >= 11 is 6.05. The van der Waals surface area contributed by atoms with Gasteiger partial charge in [-0.2, -0.15) is 5.10 Å². The maximum Gasteiger partial charge on any atom is 0.208 e. The molecule has 1 aromatic carbocycles. The van der Waals surface area contributed by atoms with Crippen LogP contribution in [0.2, 0.25) is 5.02 Å². The molecule has 0 radical (unpaired) electrons. The number of nitrogens with one attached hydrogen (secondary N) is 1. The minimum atomic E-state index is -3.22. The van der Waals surface area contributed by atoms with E-state index in [2.05, 4.69) is 14.7 Å². The molecule has 3 rings (SSSR count). The van der Waals surface area contributed by atoms with E-state index in [1.54, 1.807) is 6.20 Å². The molecular formula is C15H19ClN4O2S. The minimum Gasteiger partial charge on any atom is -0.291 e. The van der Waals surface area contributed by atoms with Gasteiger partial charge in [0.1, 0.15) is 0 Å². The fourth-order valence-corrected chi connectivity index (χ4v) is 3.59. The van der Waals surface area contributed by atoms with Crippen molar-refractivity contribution in [3.05, 3.63) is 52.8 Å². The summed E-state index contributed by atoms with van der Waals surface area (Å²) in [6.45, 7) is 2.60. The number of benzene rings is 1. The number of fused-ring (bicyclic) bond motifs is 1. The van der Waals surface area contributed by atoms with Crippen LogP contribution in [0.15, 0.2) is 36.5 Å². The zero-order chi connectivity index (χ0) is 16.4. The van der Waals surface area contributed by atoms with Gasteiger partial charge in [0.2, 0.25) is 10.0 Å². The van der Waals surface area contributed by atoms with Crippen LogP contribution in [0.3, 0.4) is 0 Å². The lowest BCUT2D eigenvalue weighted by atomic mass is 10.1. The predicted octanol–water partition coefficient (Wildman–Crippen LogP) is 1.64. The number of sulfonamides is 1. The average molecular weight is 355 g/mol. The second-order valence-electron chi connectivity index (χ2n) is 5.84. The maximum atomic E-state index is 11.4. The van der Waals surface area contributed by atoms with Gasteiger partial charge >= 0.3 is 0 Å². The Balaban J connectivity index is 1.74. The van der Waals surface area contributed by atoms with Crippen molar-refractivity contribution in [1.82, 2.24) is 19.4 Å². The Morgan fingerprint density at radius 1 is 1.39 bits per heavy atom. The Hall–Kier alpha value is -1.41. The van der Waals surface area contributed by atoms with Crippen molar-refractivity contribution in [2.75, 3.05) is 19.3 Å². The Kier molecular flexibility index (Phi) is 4.72. The second-order valence-corrected chi connectivity index (χ2v) is 8.11. The first-order valence-corrected chi connectivity index (χ1v) is 9.61. The normalized spacial score (nSPS) is 18.8. The summed E-state index contributed by atoms with van der Waals surface area (Å²) in [6, 6.07) is 9.74. The summed E-state index contributed by atoms with van der Waals surface area (Å²) in [5.74, 6) is 0. The van der Waals surface area contributed by atoms with Crippen LogP contribution in [0, 0.1) is 0 Å². The average Bonchev–Trinajstić information content (AvgIpc) is 2.92. The van der Waals surface area contributed by atoms with Gasteiger partial charge in [-0.1, -0.05) is 23.7 Å². The topological polar surface area (TPSA) is 67.2 Å². The molecule has 6 nitrogen and oxygen atoms in total. The molecule has 2 aromatic rings. The van der Waals surface area contributed by atoms with Crippen LogP contribution in [0.25, 0.3) is 0 Å². The molecular weight excluding hydrogens is 336 g/mol. The number of nitrogens with zero attached hydrogens (tertiary/aromatic N) is 3. The highest BCUT2D eigenvalue weighted by molar-refractivity contribution is 7.88. The minimum absolute atomic E-state index is 0.0253. The van der Waals surface area contributed by atoms with Crippen molar-refractivity contribution in [3.63, 3.8) is 0 Å². The molecule has 1 aromatic heterocycles. The second kappa shape index (κ2) is 6.60. The highest BCUT2D eigenvalue weighted by atomic mass is 35.5. The molecule has 1 N–H and O–H groups in total. The lowest BCUT2D eigenvalue weighted by Crippen LogP contribution is -2.42. The zero-order valence-corrected chi connectivity index (χ0v) is 14.4. The molecule has 0 fully saturated rings. The lowest BCUT2D eigenvalue weighted by molar-refractivity contribution is 0.168. The lowest BCUT2D eigenvalue weighted by Gasteiger charge is -2.34. The highest BCUT2D eigenvalue weighted by Crippen LogP contribution is 2.22. The molecule has 1 aliphatic heterocycles. The summed E-state index contributed by atoms with van der Waals surface area (Å²) in [5, 5.41) is 5.05. The number of hydrogen-bond acceptors (Lipinski definition) is 4. The van der Waals surface area contributed by atoms with E-state index in [0.717, 1.165) is 35.9 Å². The monoisotopic (exact) mass is 354 g/mol. The van der Waals surface area contributed by atoms with Crippen molar-refractivity contribution >= 4 is 21.6 Å². The van der Waals surface area contributed by atoms with Gasteiger partial charge in [-0.25, -0.2) is 13.1 Å². The largest absolute Gasteiger partial charge is 0.291 e. The Bertz CT molecular complexity index is 790. The van der Waals surface area contributed by atoms with E-state index < -0.39 is 10.0 Å². The summed E-state index contributed by atoms with van der Waals surface area (Å²) in [5.41, 5.74) is 2.22. The smallest absolute Gasteiger partial charge is 0.208 e. The van der Waals surface area contributed by atoms with Gasteiger partial charge in [0, 0.05) is 37.4 Å². The van der Waals surface area contributed by atoms with Crippen LogP contribution in [0.1, 0.15) is 17.3 Å². The summed E-state index contributed by atoms with van der Waals surface area (Å²) < 4.78 is 27.2. The van der Waals surface area contributed by atoms with Gasteiger partial charge in [0.15, 0.2) is 0 Å². The van der Waals surface area contributed by atoms with Crippen LogP contribution in [0.4, 0.5) is 0 Å². The molecule has 124 valence electrons. The van der Waals surface area contributed by atoms with E-state index in [9.17, 15) is 8.42 Å². The summed E-state index contributed by atoms with van der Waals surface area (Å²) in [4.78, 5) is 2.28. The van der Waals surface area contributed by atoms with Crippen molar-refractivity contribution < 1.29 is 8.42 Å². The molecule has 0 bridgehead atoms. The molecule has 0 saturated carbocycles. The van der Waals surface area contributed by atoms with Crippen molar-refractivity contribution in [2.24, 2.45) is 0 Å².